The number of rotatable bonds is 7. The lowest BCUT2D eigenvalue weighted by molar-refractivity contribution is 0.362. The van der Waals surface area contributed by atoms with Gasteiger partial charge in [0.2, 0.25) is 0 Å². The van der Waals surface area contributed by atoms with E-state index in [1.54, 1.807) is 0 Å². The van der Waals surface area contributed by atoms with Crippen molar-refractivity contribution in [1.82, 2.24) is 0 Å². The average molecular weight is 219 g/mol. The van der Waals surface area contributed by atoms with Gasteiger partial charge in [0.1, 0.15) is 6.17 Å². The van der Waals surface area contributed by atoms with Crippen LogP contribution < -0.4 is 0 Å². The number of halogens is 2. The van der Waals surface area contributed by atoms with Crippen LogP contribution in [-0.2, 0) is 0 Å². The molecule has 0 N–H and O–H groups in total. The van der Waals surface area contributed by atoms with Gasteiger partial charge in [-0.1, -0.05) is 38.5 Å². The monoisotopic (exact) mass is 218 g/mol. The molecular formula is C12H20ClF. The van der Waals surface area contributed by atoms with Crippen molar-refractivity contribution >= 4 is 11.6 Å². The molecule has 0 bridgehead atoms. The smallest absolute Gasteiger partial charge is 0.121 e. The first-order valence-electron chi connectivity index (χ1n) is 5.31. The molecule has 14 heavy (non-hydrogen) atoms. The molecule has 0 aliphatic carbocycles. The predicted octanol–water partition coefficient (Wildman–Crippen LogP) is 4.65. The second-order valence-corrected chi connectivity index (χ2v) is 3.61. The lowest BCUT2D eigenvalue weighted by Crippen LogP contribution is -2.02. The Morgan fingerprint density at radius 2 is 2.14 bits per heavy atom. The Hall–Kier alpha value is -0.300. The van der Waals surface area contributed by atoms with E-state index < -0.39 is 6.17 Å². The largest absolute Gasteiger partial charge is 0.243 e. The van der Waals surface area contributed by atoms with E-state index in [2.05, 4.69) is 6.92 Å². The van der Waals surface area contributed by atoms with Crippen LogP contribution in [0.1, 0.15) is 39.5 Å². The van der Waals surface area contributed by atoms with Gasteiger partial charge < -0.3 is 0 Å². The third-order valence-electron chi connectivity index (χ3n) is 2.12. The fourth-order valence-corrected chi connectivity index (χ4v) is 1.33. The van der Waals surface area contributed by atoms with Crippen LogP contribution in [0.25, 0.3) is 0 Å². The van der Waals surface area contributed by atoms with Gasteiger partial charge >= 0.3 is 0 Å². The van der Waals surface area contributed by atoms with E-state index in [1.165, 1.54) is 0 Å². The van der Waals surface area contributed by atoms with Crippen molar-refractivity contribution in [3.8, 4) is 0 Å². The molecule has 0 aromatic carbocycles. The number of hydrogen-bond donors (Lipinski definition) is 0. The molecule has 0 radical (unpaired) electrons. The summed E-state index contributed by atoms with van der Waals surface area (Å²) >= 11 is 5.49. The van der Waals surface area contributed by atoms with Crippen LogP contribution in [0.4, 0.5) is 4.39 Å². The van der Waals surface area contributed by atoms with Crippen LogP contribution in [0, 0.1) is 0 Å². The van der Waals surface area contributed by atoms with Gasteiger partial charge in [-0.25, -0.2) is 4.39 Å². The van der Waals surface area contributed by atoms with Gasteiger partial charge in [0.25, 0.3) is 0 Å². The molecule has 0 rings (SSSR count). The summed E-state index contributed by atoms with van der Waals surface area (Å²) in [5.41, 5.74) is 0.899. The van der Waals surface area contributed by atoms with Crippen molar-refractivity contribution in [1.29, 1.82) is 0 Å². The van der Waals surface area contributed by atoms with Crippen molar-refractivity contribution in [2.24, 2.45) is 0 Å². The van der Waals surface area contributed by atoms with E-state index in [-0.39, 0.29) is 0 Å². The molecule has 0 aromatic heterocycles. The Balaban J connectivity index is 4.21. The quantitative estimate of drug-likeness (QED) is 0.431. The number of allylic oxidation sites excluding steroid dienone is 4. The van der Waals surface area contributed by atoms with Gasteiger partial charge in [-0.2, -0.15) is 0 Å². The van der Waals surface area contributed by atoms with E-state index in [1.807, 2.05) is 25.2 Å². The highest BCUT2D eigenvalue weighted by Crippen LogP contribution is 2.17. The van der Waals surface area contributed by atoms with E-state index in [4.69, 9.17) is 11.6 Å². The Morgan fingerprint density at radius 3 is 2.64 bits per heavy atom. The Morgan fingerprint density at radius 1 is 1.43 bits per heavy atom. The molecule has 0 saturated carbocycles. The van der Waals surface area contributed by atoms with Crippen LogP contribution in [0.5, 0.6) is 0 Å². The molecule has 1 atom stereocenters. The van der Waals surface area contributed by atoms with Crippen molar-refractivity contribution in [2.45, 2.75) is 45.7 Å². The van der Waals surface area contributed by atoms with Gasteiger partial charge in [0.15, 0.2) is 0 Å². The molecule has 2 heteroatoms. The van der Waals surface area contributed by atoms with Crippen LogP contribution in [-0.4, -0.2) is 12.1 Å². The van der Waals surface area contributed by atoms with Crippen LogP contribution in [0.3, 0.4) is 0 Å². The molecule has 0 aliphatic heterocycles. The van der Waals surface area contributed by atoms with Gasteiger partial charge in [0.05, 0.1) is 0 Å². The molecule has 0 spiro atoms. The first-order valence-corrected chi connectivity index (χ1v) is 5.85. The molecule has 1 unspecified atom stereocenters. The van der Waals surface area contributed by atoms with Gasteiger partial charge in [-0.3, -0.25) is 0 Å². The fourth-order valence-electron chi connectivity index (χ4n) is 1.23. The molecule has 82 valence electrons. The third-order valence-corrected chi connectivity index (χ3v) is 2.29. The third kappa shape index (κ3) is 6.20. The zero-order valence-electron chi connectivity index (χ0n) is 9.10. The summed E-state index contributed by atoms with van der Waals surface area (Å²) in [6.45, 7) is 3.99. The van der Waals surface area contributed by atoms with Crippen molar-refractivity contribution < 1.29 is 4.39 Å². The van der Waals surface area contributed by atoms with Gasteiger partial charge in [-0.15, -0.1) is 11.6 Å². The molecular weight excluding hydrogens is 199 g/mol. The Bertz CT molecular complexity index is 185. The second kappa shape index (κ2) is 9.26. The summed E-state index contributed by atoms with van der Waals surface area (Å²) in [6.07, 6.45) is 8.33. The van der Waals surface area contributed by atoms with Gasteiger partial charge in [0, 0.05) is 5.88 Å². The highest BCUT2D eigenvalue weighted by molar-refractivity contribution is 6.18. The maximum atomic E-state index is 13.4. The summed E-state index contributed by atoms with van der Waals surface area (Å²) < 4.78 is 13.4. The Labute approximate surface area is 91.8 Å². The molecule has 0 saturated heterocycles. The summed E-state index contributed by atoms with van der Waals surface area (Å²) in [7, 11) is 0. The highest BCUT2D eigenvalue weighted by atomic mass is 35.5. The van der Waals surface area contributed by atoms with E-state index >= 15 is 0 Å². The Kier molecular flexibility index (Phi) is 9.06. The maximum absolute atomic E-state index is 13.4. The van der Waals surface area contributed by atoms with E-state index in [0.29, 0.717) is 12.3 Å². The lowest BCUT2D eigenvalue weighted by atomic mass is 10.0. The predicted molar refractivity (Wildman–Crippen MR) is 62.7 cm³/mol. The van der Waals surface area contributed by atoms with Crippen molar-refractivity contribution in [3.63, 3.8) is 0 Å². The van der Waals surface area contributed by atoms with Crippen molar-refractivity contribution in [2.75, 3.05) is 5.88 Å². The summed E-state index contributed by atoms with van der Waals surface area (Å²) in [5.74, 6) is 0.487. The number of unbranched alkanes of at least 4 members (excludes halogenated alkanes) is 1. The zero-order valence-corrected chi connectivity index (χ0v) is 9.86. The summed E-state index contributed by atoms with van der Waals surface area (Å²) in [6, 6.07) is 0. The van der Waals surface area contributed by atoms with Crippen LogP contribution in [0.2, 0.25) is 0 Å². The molecule has 0 nitrogen and oxygen atoms in total. The molecule has 0 aliphatic rings. The SMILES string of the molecule is CCCC/C(=C/C=C\CCl)C(F)CC. The molecule has 0 aromatic rings. The first-order chi connectivity index (χ1) is 6.76. The fraction of sp³-hybridized carbons (Fsp3) is 0.667. The topological polar surface area (TPSA) is 0 Å². The minimum Gasteiger partial charge on any atom is -0.243 e. The number of alkyl halides is 2. The minimum atomic E-state index is -0.790. The highest BCUT2D eigenvalue weighted by Gasteiger charge is 2.08. The standard InChI is InChI=1S/C12H20ClF/c1-3-5-8-11(12(14)4-2)9-6-7-10-13/h6-7,9,12H,3-5,8,10H2,1-2H3/b7-6-,11-9-. The zero-order chi connectivity index (χ0) is 10.8. The van der Waals surface area contributed by atoms with E-state index in [9.17, 15) is 4.39 Å². The maximum Gasteiger partial charge on any atom is 0.121 e. The molecule has 0 fully saturated rings. The summed E-state index contributed by atoms with van der Waals surface area (Å²) in [4.78, 5) is 0. The van der Waals surface area contributed by atoms with Crippen LogP contribution >= 0.6 is 11.6 Å². The second-order valence-electron chi connectivity index (χ2n) is 3.30. The van der Waals surface area contributed by atoms with E-state index in [0.717, 1.165) is 24.8 Å². The normalized spacial score (nSPS) is 15.0. The summed E-state index contributed by atoms with van der Waals surface area (Å²) in [5, 5.41) is 0. The molecule has 0 heterocycles. The minimum absolute atomic E-state index is 0.487. The average Bonchev–Trinajstić information content (AvgIpc) is 2.22. The first kappa shape index (κ1) is 13.7. The molecule has 0 amide bonds. The number of hydrogen-bond acceptors (Lipinski definition) is 0. The van der Waals surface area contributed by atoms with Crippen molar-refractivity contribution in [3.05, 3.63) is 23.8 Å². The van der Waals surface area contributed by atoms with Gasteiger partial charge in [-0.05, 0) is 24.8 Å². The van der Waals surface area contributed by atoms with Crippen LogP contribution in [0.15, 0.2) is 23.8 Å². The lowest BCUT2D eigenvalue weighted by Gasteiger charge is -2.09.